The lowest BCUT2D eigenvalue weighted by molar-refractivity contribution is 0.0202. The Morgan fingerprint density at radius 1 is 1.47 bits per heavy atom. The highest BCUT2D eigenvalue weighted by Crippen LogP contribution is 2.23. The van der Waals surface area contributed by atoms with Crippen molar-refractivity contribution in [2.75, 3.05) is 20.7 Å². The van der Waals surface area contributed by atoms with Crippen molar-refractivity contribution in [1.29, 1.82) is 0 Å². The Labute approximate surface area is 100 Å². The molecular weight excluding hydrogens is 222 g/mol. The first-order valence-electron chi connectivity index (χ1n) is 5.27. The van der Waals surface area contributed by atoms with Gasteiger partial charge in [0.2, 0.25) is 0 Å². The quantitative estimate of drug-likeness (QED) is 0.615. The summed E-state index contributed by atoms with van der Waals surface area (Å²) in [7, 11) is 3.15. The van der Waals surface area contributed by atoms with Crippen LogP contribution < -0.4 is 10.1 Å². The standard InChI is InChI=1S/C12H17NO4/c1-13-6-10(15)12(16)8-3-4-11(17-2)9(5-8)7-14/h3-5,7,10,12-13,15-16H,6H2,1-2H3. The van der Waals surface area contributed by atoms with Crippen molar-refractivity contribution in [2.24, 2.45) is 0 Å². The zero-order valence-corrected chi connectivity index (χ0v) is 9.88. The molecular formula is C12H17NO4. The van der Waals surface area contributed by atoms with Gasteiger partial charge in [0.05, 0.1) is 18.8 Å². The molecule has 94 valence electrons. The van der Waals surface area contributed by atoms with Crippen molar-refractivity contribution >= 4 is 6.29 Å². The lowest BCUT2D eigenvalue weighted by Crippen LogP contribution is -2.29. The van der Waals surface area contributed by atoms with E-state index in [0.717, 1.165) is 0 Å². The predicted octanol–water partition coefficient (Wildman–Crippen LogP) is 0.121. The van der Waals surface area contributed by atoms with Gasteiger partial charge in [0, 0.05) is 6.54 Å². The van der Waals surface area contributed by atoms with Gasteiger partial charge >= 0.3 is 0 Å². The van der Waals surface area contributed by atoms with Gasteiger partial charge in [-0.3, -0.25) is 4.79 Å². The summed E-state index contributed by atoms with van der Waals surface area (Å²) in [5.41, 5.74) is 0.830. The van der Waals surface area contributed by atoms with E-state index in [1.54, 1.807) is 19.2 Å². The van der Waals surface area contributed by atoms with Crippen molar-refractivity contribution < 1.29 is 19.7 Å². The van der Waals surface area contributed by atoms with Crippen LogP contribution in [0, 0.1) is 0 Å². The zero-order chi connectivity index (χ0) is 12.8. The molecule has 0 spiro atoms. The minimum atomic E-state index is -1.04. The van der Waals surface area contributed by atoms with E-state index in [4.69, 9.17) is 4.74 Å². The number of nitrogens with one attached hydrogen (secondary N) is 1. The fraction of sp³-hybridized carbons (Fsp3) is 0.417. The average molecular weight is 239 g/mol. The summed E-state index contributed by atoms with van der Waals surface area (Å²) in [4.78, 5) is 10.8. The Morgan fingerprint density at radius 3 is 2.71 bits per heavy atom. The van der Waals surface area contributed by atoms with Gasteiger partial charge in [-0.05, 0) is 24.7 Å². The Hall–Kier alpha value is -1.43. The van der Waals surface area contributed by atoms with Gasteiger partial charge in [-0.1, -0.05) is 6.07 Å². The summed E-state index contributed by atoms with van der Waals surface area (Å²) in [5, 5.41) is 22.3. The topological polar surface area (TPSA) is 78.8 Å². The summed E-state index contributed by atoms with van der Waals surface area (Å²) >= 11 is 0. The number of hydrogen-bond acceptors (Lipinski definition) is 5. The van der Waals surface area contributed by atoms with Crippen LogP contribution in [0.2, 0.25) is 0 Å². The van der Waals surface area contributed by atoms with Gasteiger partial charge < -0.3 is 20.3 Å². The molecule has 0 saturated carbocycles. The van der Waals surface area contributed by atoms with Crippen LogP contribution in [0.25, 0.3) is 0 Å². The summed E-state index contributed by atoms with van der Waals surface area (Å²) in [5.74, 6) is 0.444. The van der Waals surface area contributed by atoms with Crippen molar-refractivity contribution in [3.8, 4) is 5.75 Å². The predicted molar refractivity (Wildman–Crippen MR) is 63.3 cm³/mol. The summed E-state index contributed by atoms with van der Waals surface area (Å²) in [6.45, 7) is 0.267. The number of hydrogen-bond donors (Lipinski definition) is 3. The van der Waals surface area contributed by atoms with E-state index in [-0.39, 0.29) is 6.54 Å². The Morgan fingerprint density at radius 2 is 2.18 bits per heavy atom. The molecule has 0 heterocycles. The van der Waals surface area contributed by atoms with Crippen LogP contribution in [0.1, 0.15) is 22.0 Å². The first-order chi connectivity index (χ1) is 8.13. The fourth-order valence-corrected chi connectivity index (χ4v) is 1.57. The van der Waals surface area contributed by atoms with Gasteiger partial charge in [0.25, 0.3) is 0 Å². The van der Waals surface area contributed by atoms with Gasteiger partial charge in [-0.25, -0.2) is 0 Å². The molecule has 0 aliphatic rings. The molecule has 2 atom stereocenters. The molecule has 5 nitrogen and oxygen atoms in total. The summed E-state index contributed by atoms with van der Waals surface area (Å²) in [6.07, 6.45) is -1.31. The van der Waals surface area contributed by atoms with Crippen molar-refractivity contribution in [3.05, 3.63) is 29.3 Å². The van der Waals surface area contributed by atoms with Crippen LogP contribution in [-0.2, 0) is 0 Å². The number of aldehydes is 1. The highest BCUT2D eigenvalue weighted by molar-refractivity contribution is 5.79. The molecule has 0 bridgehead atoms. The first kappa shape index (κ1) is 13.6. The number of ether oxygens (including phenoxy) is 1. The van der Waals surface area contributed by atoms with Crippen molar-refractivity contribution in [3.63, 3.8) is 0 Å². The van der Waals surface area contributed by atoms with E-state index in [1.165, 1.54) is 13.2 Å². The van der Waals surface area contributed by atoms with Gasteiger partial charge in [0.15, 0.2) is 6.29 Å². The minimum absolute atomic E-state index is 0.267. The second kappa shape index (κ2) is 6.34. The van der Waals surface area contributed by atoms with Gasteiger partial charge in [-0.15, -0.1) is 0 Å². The highest BCUT2D eigenvalue weighted by atomic mass is 16.5. The van der Waals surface area contributed by atoms with Crippen LogP contribution in [0.5, 0.6) is 5.75 Å². The normalized spacial score (nSPS) is 14.1. The third kappa shape index (κ3) is 3.26. The highest BCUT2D eigenvalue weighted by Gasteiger charge is 2.18. The van der Waals surface area contributed by atoms with Gasteiger partial charge in [0.1, 0.15) is 11.9 Å². The number of benzene rings is 1. The molecule has 17 heavy (non-hydrogen) atoms. The number of carbonyl (C=O) groups is 1. The Bertz CT molecular complexity index is 381. The second-order valence-corrected chi connectivity index (χ2v) is 3.69. The molecule has 0 aromatic heterocycles. The maximum absolute atomic E-state index is 10.8. The molecule has 0 saturated heterocycles. The molecule has 1 aromatic carbocycles. The first-order valence-corrected chi connectivity index (χ1v) is 5.27. The van der Waals surface area contributed by atoms with Crippen LogP contribution >= 0.6 is 0 Å². The zero-order valence-electron chi connectivity index (χ0n) is 9.88. The molecule has 1 rings (SSSR count). The summed E-state index contributed by atoms with van der Waals surface area (Å²) < 4.78 is 4.99. The average Bonchev–Trinajstić information content (AvgIpc) is 2.37. The summed E-state index contributed by atoms with van der Waals surface area (Å²) in [6, 6.07) is 4.72. The smallest absolute Gasteiger partial charge is 0.153 e. The lowest BCUT2D eigenvalue weighted by Gasteiger charge is -2.18. The molecule has 0 amide bonds. The SMILES string of the molecule is CNCC(O)C(O)c1ccc(OC)c(C=O)c1. The maximum atomic E-state index is 10.8. The van der Waals surface area contributed by atoms with Crippen molar-refractivity contribution in [2.45, 2.75) is 12.2 Å². The maximum Gasteiger partial charge on any atom is 0.153 e. The Balaban J connectivity index is 2.95. The van der Waals surface area contributed by atoms with Crippen LogP contribution in [-0.4, -0.2) is 43.3 Å². The van der Waals surface area contributed by atoms with E-state index in [2.05, 4.69) is 5.32 Å². The van der Waals surface area contributed by atoms with E-state index in [1.807, 2.05) is 0 Å². The number of aliphatic hydroxyl groups excluding tert-OH is 2. The number of aliphatic hydroxyl groups is 2. The van der Waals surface area contributed by atoms with Crippen LogP contribution in [0.4, 0.5) is 0 Å². The molecule has 1 aromatic rings. The van der Waals surface area contributed by atoms with Crippen LogP contribution in [0.3, 0.4) is 0 Å². The molecule has 0 aliphatic carbocycles. The van der Waals surface area contributed by atoms with Crippen LogP contribution in [0.15, 0.2) is 18.2 Å². The molecule has 0 fully saturated rings. The molecule has 3 N–H and O–H groups in total. The lowest BCUT2D eigenvalue weighted by atomic mass is 10.0. The van der Waals surface area contributed by atoms with E-state index < -0.39 is 12.2 Å². The minimum Gasteiger partial charge on any atom is -0.496 e. The van der Waals surface area contributed by atoms with Gasteiger partial charge in [-0.2, -0.15) is 0 Å². The Kier molecular flexibility index (Phi) is 5.09. The van der Waals surface area contributed by atoms with E-state index in [0.29, 0.717) is 23.2 Å². The largest absolute Gasteiger partial charge is 0.496 e. The van der Waals surface area contributed by atoms with Crippen molar-refractivity contribution in [1.82, 2.24) is 5.32 Å². The number of rotatable bonds is 6. The molecule has 0 aliphatic heterocycles. The number of likely N-dealkylation sites (N-methyl/N-ethyl adjacent to an activating group) is 1. The molecule has 2 unspecified atom stereocenters. The second-order valence-electron chi connectivity index (χ2n) is 3.69. The number of methoxy groups -OCH3 is 1. The fourth-order valence-electron chi connectivity index (χ4n) is 1.57. The monoisotopic (exact) mass is 239 g/mol. The molecule has 0 radical (unpaired) electrons. The van der Waals surface area contributed by atoms with E-state index in [9.17, 15) is 15.0 Å². The third-order valence-electron chi connectivity index (χ3n) is 2.50. The molecule has 5 heteroatoms. The van der Waals surface area contributed by atoms with E-state index >= 15 is 0 Å². The third-order valence-corrected chi connectivity index (χ3v) is 2.50. The number of carbonyl (C=O) groups excluding carboxylic acids is 1.